The molecule has 2 N–H and O–H groups in total. The van der Waals surface area contributed by atoms with Gasteiger partial charge < -0.3 is 24.2 Å². The molecule has 2 aromatic rings. The summed E-state index contributed by atoms with van der Waals surface area (Å²) in [5.41, 5.74) is 3.02. The second-order valence-corrected chi connectivity index (χ2v) is 16.6. The summed E-state index contributed by atoms with van der Waals surface area (Å²) in [4.78, 5) is 17.9. The number of amides is 1. The van der Waals surface area contributed by atoms with Crippen LogP contribution in [0.25, 0.3) is 0 Å². The SMILES string of the molecule is CCCc1cc(Cl)ccc1C1COc2ccc(cc2)C(=O)NS(=O)C(C)C(C)C/C=C/C(COCCN2CCOCC2)C2CCC2CN(C)C1.CO. The topological polar surface area (TPSA) is 101 Å². The number of allylic oxidation sites excluding steroid dienone is 1. The second-order valence-electron chi connectivity index (χ2n) is 14.6. The molecule has 1 saturated heterocycles. The minimum atomic E-state index is -1.51. The molecule has 7 unspecified atom stereocenters. The molecule has 0 radical (unpaired) electrons. The molecule has 2 fully saturated rings. The van der Waals surface area contributed by atoms with Crippen molar-refractivity contribution in [1.29, 1.82) is 0 Å². The Kier molecular flexibility index (Phi) is 18.1. The molecule has 1 amide bonds. The highest BCUT2D eigenvalue weighted by atomic mass is 35.5. The standard InChI is InChI=1S/C40H58ClN3O5S.CH4O/c1-5-7-32-24-36(41)13-17-38(32)35-26-43(4)25-33-12-16-39(33)34(27-48-23-20-44-18-21-47-22-19-44)9-6-8-29(2)30(3)50(46)42-40(45)31-10-14-37(15-11-31)49-28-35;1-2/h6,9-11,13-15,17,24,29-30,33-35,39H,5,7-8,12,16,18-23,25-28H2,1-4H3,(H,42,45);2H,1H3/b9-6+;. The van der Waals surface area contributed by atoms with Crippen molar-refractivity contribution in [3.63, 3.8) is 0 Å². The third kappa shape index (κ3) is 12.6. The molecule has 3 heterocycles. The van der Waals surface area contributed by atoms with Crippen molar-refractivity contribution in [2.75, 3.05) is 79.9 Å². The Morgan fingerprint density at radius 1 is 1.06 bits per heavy atom. The van der Waals surface area contributed by atoms with Gasteiger partial charge in [0, 0.05) is 62.3 Å². The average molecular weight is 760 g/mol. The maximum Gasteiger partial charge on any atom is 0.262 e. The maximum atomic E-state index is 13.2. The number of benzene rings is 2. The van der Waals surface area contributed by atoms with Crippen LogP contribution < -0.4 is 9.46 Å². The molecule has 2 bridgehead atoms. The quantitative estimate of drug-likeness (QED) is 0.237. The number of aryl methyl sites for hydroxylation is 1. The van der Waals surface area contributed by atoms with Gasteiger partial charge in [-0.1, -0.05) is 50.1 Å². The van der Waals surface area contributed by atoms with Gasteiger partial charge in [-0.2, -0.15) is 0 Å². The molecule has 52 heavy (non-hydrogen) atoms. The van der Waals surface area contributed by atoms with Crippen LogP contribution >= 0.6 is 11.6 Å². The monoisotopic (exact) mass is 759 g/mol. The molecule has 3 aliphatic heterocycles. The Balaban J connectivity index is 0.00000297. The summed E-state index contributed by atoms with van der Waals surface area (Å²) in [5.74, 6) is 2.08. The average Bonchev–Trinajstić information content (AvgIpc) is 3.14. The molecule has 290 valence electrons. The van der Waals surface area contributed by atoms with Gasteiger partial charge in [0.05, 0.1) is 38.3 Å². The van der Waals surface area contributed by atoms with E-state index in [1.165, 1.54) is 24.0 Å². The summed E-state index contributed by atoms with van der Waals surface area (Å²) in [6, 6.07) is 13.4. The van der Waals surface area contributed by atoms with Crippen molar-refractivity contribution in [2.45, 2.75) is 64.0 Å². The molecular weight excluding hydrogens is 698 g/mol. The van der Waals surface area contributed by atoms with E-state index in [9.17, 15) is 9.00 Å². The highest BCUT2D eigenvalue weighted by molar-refractivity contribution is 7.84. The van der Waals surface area contributed by atoms with E-state index < -0.39 is 11.0 Å². The fourth-order valence-corrected chi connectivity index (χ4v) is 8.72. The number of hydrogen-bond donors (Lipinski definition) is 2. The Labute approximate surface area is 320 Å². The number of fused-ring (bicyclic) bond motifs is 14. The number of morpholine rings is 1. The van der Waals surface area contributed by atoms with Crippen LogP contribution in [0.15, 0.2) is 54.6 Å². The number of nitrogens with one attached hydrogen (secondary N) is 1. The van der Waals surface area contributed by atoms with E-state index in [1.807, 2.05) is 25.1 Å². The molecule has 1 saturated carbocycles. The summed E-state index contributed by atoms with van der Waals surface area (Å²) in [5, 5.41) is 7.56. The van der Waals surface area contributed by atoms with Crippen LogP contribution in [0.3, 0.4) is 0 Å². The predicted octanol–water partition coefficient (Wildman–Crippen LogP) is 6.36. The number of rotatable bonds is 8. The maximum absolute atomic E-state index is 13.2. The van der Waals surface area contributed by atoms with Gasteiger partial charge in [0.2, 0.25) is 0 Å². The van der Waals surface area contributed by atoms with E-state index >= 15 is 0 Å². The molecule has 4 aliphatic rings. The molecular formula is C41H62ClN3O6S. The number of carbonyl (C=O) groups is 1. The number of carbonyl (C=O) groups excluding carboxylic acids is 1. The van der Waals surface area contributed by atoms with Crippen LogP contribution in [-0.2, 0) is 26.9 Å². The normalized spacial score (nSPS) is 28.9. The van der Waals surface area contributed by atoms with Crippen LogP contribution in [0.4, 0.5) is 0 Å². The van der Waals surface area contributed by atoms with Crippen molar-refractivity contribution in [2.24, 2.45) is 23.7 Å². The van der Waals surface area contributed by atoms with E-state index in [2.05, 4.69) is 59.7 Å². The minimum Gasteiger partial charge on any atom is -0.493 e. The highest BCUT2D eigenvalue weighted by Gasteiger charge is 2.37. The smallest absolute Gasteiger partial charge is 0.262 e. The number of likely N-dealkylation sites (N-methyl/N-ethyl adjacent to an activating group) is 1. The molecule has 1 aliphatic carbocycles. The van der Waals surface area contributed by atoms with Crippen molar-refractivity contribution in [1.82, 2.24) is 14.5 Å². The van der Waals surface area contributed by atoms with Gasteiger partial charge in [0.25, 0.3) is 5.91 Å². The van der Waals surface area contributed by atoms with E-state index in [0.717, 1.165) is 83.9 Å². The zero-order valence-electron chi connectivity index (χ0n) is 31.9. The molecule has 7 atom stereocenters. The van der Waals surface area contributed by atoms with Gasteiger partial charge in [-0.3, -0.25) is 14.4 Å². The molecule has 9 nitrogen and oxygen atoms in total. The van der Waals surface area contributed by atoms with Gasteiger partial charge in [0.15, 0.2) is 0 Å². The summed E-state index contributed by atoms with van der Waals surface area (Å²) >= 11 is 6.47. The van der Waals surface area contributed by atoms with Crippen molar-refractivity contribution < 1.29 is 28.3 Å². The lowest BCUT2D eigenvalue weighted by Crippen LogP contribution is -2.42. The number of hydrogen-bond acceptors (Lipinski definition) is 8. The molecule has 0 spiro atoms. The number of ether oxygens (including phenoxy) is 3. The zero-order valence-corrected chi connectivity index (χ0v) is 33.5. The second kappa shape index (κ2) is 22.2. The fourth-order valence-electron chi connectivity index (χ4n) is 7.51. The summed E-state index contributed by atoms with van der Waals surface area (Å²) in [6.07, 6.45) is 9.83. The van der Waals surface area contributed by atoms with Crippen LogP contribution in [0, 0.1) is 23.7 Å². The van der Waals surface area contributed by atoms with Crippen molar-refractivity contribution in [3.8, 4) is 5.75 Å². The lowest BCUT2D eigenvalue weighted by molar-refractivity contribution is 0.00242. The predicted molar refractivity (Wildman–Crippen MR) is 212 cm³/mol. The highest BCUT2D eigenvalue weighted by Crippen LogP contribution is 2.41. The molecule has 6 rings (SSSR count). The third-order valence-corrected chi connectivity index (χ3v) is 12.7. The number of halogens is 1. The summed E-state index contributed by atoms with van der Waals surface area (Å²) < 4.78 is 34.2. The van der Waals surface area contributed by atoms with Crippen molar-refractivity contribution >= 4 is 28.5 Å². The Morgan fingerprint density at radius 2 is 1.81 bits per heavy atom. The molecule has 0 aromatic heterocycles. The van der Waals surface area contributed by atoms with Gasteiger partial charge in [-0.25, -0.2) is 4.21 Å². The number of nitrogens with zero attached hydrogens (tertiary/aromatic N) is 2. The first kappa shape index (κ1) is 42.4. The van der Waals surface area contributed by atoms with Crippen LogP contribution in [-0.4, -0.2) is 110 Å². The Bertz CT molecular complexity index is 1420. The van der Waals surface area contributed by atoms with Crippen LogP contribution in [0.2, 0.25) is 5.02 Å². The first-order valence-electron chi connectivity index (χ1n) is 19.1. The van der Waals surface area contributed by atoms with Crippen LogP contribution in [0.5, 0.6) is 5.75 Å². The Morgan fingerprint density at radius 3 is 2.50 bits per heavy atom. The number of aliphatic hydroxyl groups is 1. The fraction of sp³-hybridized carbons (Fsp3) is 0.634. The van der Waals surface area contributed by atoms with E-state index in [1.54, 1.807) is 12.1 Å². The van der Waals surface area contributed by atoms with Gasteiger partial charge in [-0.15, -0.1) is 0 Å². The third-order valence-electron chi connectivity index (χ3n) is 10.9. The number of aliphatic hydroxyl groups excluding tert-OH is 1. The van der Waals surface area contributed by atoms with E-state index in [4.69, 9.17) is 30.9 Å². The lowest BCUT2D eigenvalue weighted by Gasteiger charge is -2.43. The summed E-state index contributed by atoms with van der Waals surface area (Å²) in [7, 11) is 1.73. The van der Waals surface area contributed by atoms with E-state index in [0.29, 0.717) is 42.3 Å². The first-order chi connectivity index (χ1) is 25.2. The van der Waals surface area contributed by atoms with Gasteiger partial charge >= 0.3 is 0 Å². The van der Waals surface area contributed by atoms with E-state index in [-0.39, 0.29) is 23.0 Å². The van der Waals surface area contributed by atoms with Crippen molar-refractivity contribution in [3.05, 3.63) is 76.3 Å². The molecule has 11 heteroatoms. The molecule has 2 aromatic carbocycles. The lowest BCUT2D eigenvalue weighted by atomic mass is 9.66. The largest absolute Gasteiger partial charge is 0.493 e. The first-order valence-corrected chi connectivity index (χ1v) is 20.7. The summed E-state index contributed by atoms with van der Waals surface area (Å²) in [6.45, 7) is 14.5. The zero-order chi connectivity index (χ0) is 37.5. The van der Waals surface area contributed by atoms with Gasteiger partial charge in [0.1, 0.15) is 16.7 Å². The Hall–Kier alpha value is -2.31. The van der Waals surface area contributed by atoms with Gasteiger partial charge in [-0.05, 0) is 105 Å². The minimum absolute atomic E-state index is 0.130. The van der Waals surface area contributed by atoms with Crippen LogP contribution in [0.1, 0.15) is 73.9 Å².